The summed E-state index contributed by atoms with van der Waals surface area (Å²) in [5, 5.41) is 6.24. The Kier molecular flexibility index (Phi) is 6.79. The summed E-state index contributed by atoms with van der Waals surface area (Å²) in [7, 11) is 0. The zero-order chi connectivity index (χ0) is 35.6. The van der Waals surface area contributed by atoms with Gasteiger partial charge in [-0.3, -0.25) is 0 Å². The zero-order valence-corrected chi connectivity index (χ0v) is 28.9. The van der Waals surface area contributed by atoms with Crippen molar-refractivity contribution in [2.75, 3.05) is 0 Å². The molecule has 252 valence electrons. The maximum absolute atomic E-state index is 6.30. The molecular weight excluding hydrogens is 663 g/mol. The van der Waals surface area contributed by atoms with Gasteiger partial charge in [-0.15, -0.1) is 0 Å². The zero-order valence-electron chi connectivity index (χ0n) is 28.9. The molecule has 0 saturated heterocycles. The van der Waals surface area contributed by atoms with Crippen molar-refractivity contribution in [1.82, 2.24) is 15.0 Å². The minimum absolute atomic E-state index is 0.576. The lowest BCUT2D eigenvalue weighted by Gasteiger charge is -2.15. The predicted octanol–water partition coefficient (Wildman–Crippen LogP) is 13.2. The highest BCUT2D eigenvalue weighted by molar-refractivity contribution is 6.12. The summed E-state index contributed by atoms with van der Waals surface area (Å²) in [5.74, 6) is 1.75. The van der Waals surface area contributed by atoms with E-state index in [1.807, 2.05) is 60.7 Å². The number of benzene rings is 8. The lowest BCUT2D eigenvalue weighted by Crippen LogP contribution is -2.01. The van der Waals surface area contributed by atoms with Crippen LogP contribution < -0.4 is 0 Å². The Labute approximate surface area is 309 Å². The van der Waals surface area contributed by atoms with E-state index in [0.717, 1.165) is 76.9 Å². The lowest BCUT2D eigenvalue weighted by atomic mass is 9.90. The van der Waals surface area contributed by atoms with E-state index >= 15 is 0 Å². The van der Waals surface area contributed by atoms with E-state index in [2.05, 4.69) is 115 Å². The first-order chi connectivity index (χ1) is 26.8. The molecule has 0 unspecified atom stereocenters. The maximum atomic E-state index is 6.30. The van der Waals surface area contributed by atoms with E-state index in [4.69, 9.17) is 23.8 Å². The fraction of sp³-hybridized carbons (Fsp3) is 0. The number of hydrogen-bond donors (Lipinski definition) is 0. The second-order valence-corrected chi connectivity index (χ2v) is 13.5. The number of furan rings is 2. The Morgan fingerprint density at radius 3 is 1.63 bits per heavy atom. The molecule has 0 aliphatic carbocycles. The number of hydrogen-bond acceptors (Lipinski definition) is 5. The molecule has 5 heteroatoms. The lowest BCUT2D eigenvalue weighted by molar-refractivity contribution is 0.668. The van der Waals surface area contributed by atoms with E-state index in [0.29, 0.717) is 17.5 Å². The van der Waals surface area contributed by atoms with Crippen LogP contribution in [-0.2, 0) is 0 Å². The van der Waals surface area contributed by atoms with Crippen molar-refractivity contribution < 1.29 is 8.83 Å². The van der Waals surface area contributed by atoms with Gasteiger partial charge in [-0.05, 0) is 75.5 Å². The average molecular weight is 692 g/mol. The molecule has 0 N–H and O–H groups in total. The highest BCUT2D eigenvalue weighted by Crippen LogP contribution is 2.41. The van der Waals surface area contributed by atoms with Crippen molar-refractivity contribution in [2.45, 2.75) is 0 Å². The third kappa shape index (κ3) is 4.83. The normalized spacial score (nSPS) is 11.7. The Balaban J connectivity index is 1.16. The molecule has 0 amide bonds. The number of para-hydroxylation sites is 2. The monoisotopic (exact) mass is 691 g/mol. The molecule has 5 nitrogen and oxygen atoms in total. The van der Waals surface area contributed by atoms with Crippen LogP contribution in [0.5, 0.6) is 0 Å². The van der Waals surface area contributed by atoms with Crippen LogP contribution in [0.15, 0.2) is 185 Å². The van der Waals surface area contributed by atoms with Gasteiger partial charge in [0.2, 0.25) is 0 Å². The summed E-state index contributed by atoms with van der Waals surface area (Å²) in [6.07, 6.45) is 0. The van der Waals surface area contributed by atoms with Crippen LogP contribution in [0.1, 0.15) is 0 Å². The summed E-state index contributed by atoms with van der Waals surface area (Å²) < 4.78 is 12.5. The van der Waals surface area contributed by atoms with Gasteiger partial charge in [0.05, 0.1) is 0 Å². The molecular formula is C49H29N3O2. The van der Waals surface area contributed by atoms with Gasteiger partial charge in [0.1, 0.15) is 22.3 Å². The van der Waals surface area contributed by atoms with E-state index in [-0.39, 0.29) is 0 Å². The number of rotatable bonds is 5. The quantitative estimate of drug-likeness (QED) is 0.180. The van der Waals surface area contributed by atoms with E-state index in [9.17, 15) is 0 Å². The van der Waals surface area contributed by atoms with Crippen molar-refractivity contribution in [3.8, 4) is 56.4 Å². The molecule has 0 spiro atoms. The van der Waals surface area contributed by atoms with Crippen LogP contribution in [0.2, 0.25) is 0 Å². The first-order valence-corrected chi connectivity index (χ1v) is 18.0. The smallest absolute Gasteiger partial charge is 0.164 e. The van der Waals surface area contributed by atoms with Crippen molar-refractivity contribution in [1.29, 1.82) is 0 Å². The Hall–Kier alpha value is -7.37. The SMILES string of the molecule is c1ccc(-c2ccccc2-c2ccc(-c3nc(-c4ccc5oc6ccccc6c5c4)nc(-c4cccc5oc6ccccc6c45)n3)c3ccccc23)cc1. The van der Waals surface area contributed by atoms with Gasteiger partial charge in [-0.2, -0.15) is 0 Å². The molecule has 0 fully saturated rings. The van der Waals surface area contributed by atoms with Gasteiger partial charge in [-0.1, -0.05) is 133 Å². The molecule has 54 heavy (non-hydrogen) atoms. The van der Waals surface area contributed by atoms with Crippen LogP contribution >= 0.6 is 0 Å². The van der Waals surface area contributed by atoms with Gasteiger partial charge in [0, 0.05) is 38.2 Å². The molecule has 3 heterocycles. The molecule has 0 aliphatic rings. The van der Waals surface area contributed by atoms with Crippen LogP contribution in [0.25, 0.3) is 111 Å². The Morgan fingerprint density at radius 1 is 0.278 bits per heavy atom. The highest BCUT2D eigenvalue weighted by atomic mass is 16.3. The average Bonchev–Trinajstić information content (AvgIpc) is 3.82. The van der Waals surface area contributed by atoms with Gasteiger partial charge in [0.15, 0.2) is 17.5 Å². The summed E-state index contributed by atoms with van der Waals surface area (Å²) in [6.45, 7) is 0. The molecule has 0 radical (unpaired) electrons. The minimum Gasteiger partial charge on any atom is -0.456 e. The summed E-state index contributed by atoms with van der Waals surface area (Å²) in [4.78, 5) is 15.7. The standard InChI is InChI=1S/C49H29N3O2/c1-2-13-30(14-3-1)32-15-4-5-16-33(32)36-26-27-38(35-18-7-6-17-34(35)36)48-50-47(31-25-28-44-41(29-31)37-19-8-10-22-42(37)53-44)51-49(52-48)40-21-12-24-45-46(40)39-20-9-11-23-43(39)54-45/h1-29H. The molecule has 3 aromatic heterocycles. The molecule has 0 saturated carbocycles. The number of aromatic nitrogens is 3. The highest BCUT2D eigenvalue weighted by Gasteiger charge is 2.20. The maximum Gasteiger partial charge on any atom is 0.164 e. The molecule has 8 aromatic carbocycles. The fourth-order valence-corrected chi connectivity index (χ4v) is 7.89. The summed E-state index contributed by atoms with van der Waals surface area (Å²) in [5.41, 5.74) is 10.6. The first kappa shape index (κ1) is 30.3. The molecule has 0 atom stereocenters. The van der Waals surface area contributed by atoms with Crippen LogP contribution in [0, 0.1) is 0 Å². The van der Waals surface area contributed by atoms with Gasteiger partial charge in [0.25, 0.3) is 0 Å². The summed E-state index contributed by atoms with van der Waals surface area (Å²) >= 11 is 0. The van der Waals surface area contributed by atoms with Crippen molar-refractivity contribution >= 4 is 54.6 Å². The second-order valence-electron chi connectivity index (χ2n) is 13.5. The predicted molar refractivity (Wildman–Crippen MR) is 219 cm³/mol. The molecule has 11 aromatic rings. The largest absolute Gasteiger partial charge is 0.456 e. The van der Waals surface area contributed by atoms with Crippen molar-refractivity contribution in [3.63, 3.8) is 0 Å². The Morgan fingerprint density at radius 2 is 0.815 bits per heavy atom. The molecule has 11 rings (SSSR count). The second kappa shape index (κ2) is 12.1. The topological polar surface area (TPSA) is 65.0 Å². The van der Waals surface area contributed by atoms with Gasteiger partial charge in [-0.25, -0.2) is 15.0 Å². The van der Waals surface area contributed by atoms with Crippen molar-refractivity contribution in [2.24, 2.45) is 0 Å². The van der Waals surface area contributed by atoms with E-state index in [1.54, 1.807) is 0 Å². The third-order valence-electron chi connectivity index (χ3n) is 10.4. The van der Waals surface area contributed by atoms with Gasteiger partial charge >= 0.3 is 0 Å². The van der Waals surface area contributed by atoms with Gasteiger partial charge < -0.3 is 8.83 Å². The van der Waals surface area contributed by atoms with Crippen LogP contribution in [-0.4, -0.2) is 15.0 Å². The first-order valence-electron chi connectivity index (χ1n) is 18.0. The van der Waals surface area contributed by atoms with E-state index < -0.39 is 0 Å². The van der Waals surface area contributed by atoms with E-state index in [1.165, 1.54) is 16.7 Å². The molecule has 0 aliphatic heterocycles. The number of fused-ring (bicyclic) bond motifs is 7. The third-order valence-corrected chi connectivity index (χ3v) is 10.4. The van der Waals surface area contributed by atoms with Crippen LogP contribution in [0.3, 0.4) is 0 Å². The molecule has 0 bridgehead atoms. The minimum atomic E-state index is 0.576. The van der Waals surface area contributed by atoms with Crippen molar-refractivity contribution in [3.05, 3.63) is 176 Å². The summed E-state index contributed by atoms with van der Waals surface area (Å²) in [6, 6.07) is 60.5. The van der Waals surface area contributed by atoms with Crippen LogP contribution in [0.4, 0.5) is 0 Å². The number of nitrogens with zero attached hydrogens (tertiary/aromatic N) is 3. The Bertz CT molecular complexity index is 3230. The fourth-order valence-electron chi connectivity index (χ4n) is 7.89.